The van der Waals surface area contributed by atoms with Gasteiger partial charge in [0.15, 0.2) is 0 Å². The van der Waals surface area contributed by atoms with Crippen molar-refractivity contribution in [2.45, 2.75) is 18.9 Å². The molecule has 0 saturated carbocycles. The number of amides is 2. The zero-order valence-corrected chi connectivity index (χ0v) is 13.8. The van der Waals surface area contributed by atoms with Crippen LogP contribution in [0.15, 0.2) is 54.6 Å². The van der Waals surface area contributed by atoms with Crippen LogP contribution in [0.25, 0.3) is 0 Å². The van der Waals surface area contributed by atoms with E-state index in [0.717, 1.165) is 31.8 Å². The van der Waals surface area contributed by atoms with Gasteiger partial charge in [0.1, 0.15) is 5.75 Å². The van der Waals surface area contributed by atoms with Gasteiger partial charge in [-0.25, -0.2) is 4.79 Å². The van der Waals surface area contributed by atoms with Gasteiger partial charge in [0.05, 0.1) is 6.04 Å². The maximum absolute atomic E-state index is 12.1. The van der Waals surface area contributed by atoms with Crippen molar-refractivity contribution in [1.29, 1.82) is 0 Å². The number of hydrogen-bond donors (Lipinski definition) is 2. The largest absolute Gasteiger partial charge is 0.573 e. The number of carbonyl (C=O) groups excluding carboxylic acids is 1. The zero-order chi connectivity index (χ0) is 18.6. The molecule has 1 heterocycles. The van der Waals surface area contributed by atoms with E-state index in [0.29, 0.717) is 5.69 Å². The first-order valence-electron chi connectivity index (χ1n) is 8.07. The van der Waals surface area contributed by atoms with Crippen LogP contribution in [0.2, 0.25) is 0 Å². The average Bonchev–Trinajstić information content (AvgIpc) is 2.54. The number of carbonyl (C=O) groups is 1. The molecule has 2 aromatic rings. The maximum atomic E-state index is 12.1. The van der Waals surface area contributed by atoms with E-state index in [1.807, 2.05) is 18.2 Å². The summed E-state index contributed by atoms with van der Waals surface area (Å²) in [5, 5.41) is 5.42. The molecule has 3 rings (SSSR count). The van der Waals surface area contributed by atoms with Gasteiger partial charge in [-0.15, -0.1) is 13.2 Å². The summed E-state index contributed by atoms with van der Waals surface area (Å²) in [6.07, 6.45) is -4.73. The van der Waals surface area contributed by atoms with Crippen molar-refractivity contribution in [2.75, 3.05) is 18.4 Å². The second-order valence-corrected chi connectivity index (χ2v) is 6.05. The monoisotopic (exact) mass is 365 g/mol. The van der Waals surface area contributed by atoms with Crippen LogP contribution in [0.3, 0.4) is 0 Å². The molecule has 0 aromatic heterocycles. The lowest BCUT2D eigenvalue weighted by Crippen LogP contribution is -2.59. The number of nitrogens with one attached hydrogen (secondary N) is 2. The van der Waals surface area contributed by atoms with Crippen LogP contribution in [-0.2, 0) is 6.54 Å². The number of hydrogen-bond acceptors (Lipinski definition) is 3. The smallest absolute Gasteiger partial charge is 0.406 e. The Labute approximate surface area is 148 Å². The first kappa shape index (κ1) is 18.1. The summed E-state index contributed by atoms with van der Waals surface area (Å²) in [7, 11) is 0. The molecule has 26 heavy (non-hydrogen) atoms. The number of benzene rings is 2. The molecule has 0 radical (unpaired) electrons. The Morgan fingerprint density at radius 1 is 1.08 bits per heavy atom. The first-order valence-corrected chi connectivity index (χ1v) is 8.07. The summed E-state index contributed by atoms with van der Waals surface area (Å²) in [5.41, 5.74) is 1.61. The van der Waals surface area contributed by atoms with Gasteiger partial charge in [0, 0.05) is 25.3 Å². The third kappa shape index (κ3) is 5.38. The number of ether oxygens (including phenoxy) is 1. The van der Waals surface area contributed by atoms with E-state index in [1.165, 1.54) is 17.7 Å². The molecular weight excluding hydrogens is 347 g/mol. The molecule has 5 nitrogen and oxygen atoms in total. The summed E-state index contributed by atoms with van der Waals surface area (Å²) >= 11 is 0. The summed E-state index contributed by atoms with van der Waals surface area (Å²) in [5.74, 6) is -0.334. The minimum Gasteiger partial charge on any atom is -0.406 e. The molecule has 0 spiro atoms. The molecule has 8 heteroatoms. The van der Waals surface area contributed by atoms with Crippen LogP contribution < -0.4 is 15.4 Å². The lowest BCUT2D eigenvalue weighted by molar-refractivity contribution is -0.274. The highest BCUT2D eigenvalue weighted by atomic mass is 19.4. The highest BCUT2D eigenvalue weighted by Crippen LogP contribution is 2.24. The zero-order valence-electron chi connectivity index (χ0n) is 13.8. The molecule has 1 aliphatic rings. The standard InChI is InChI=1S/C18H18F3N3O2/c19-18(20,21)26-16-8-6-14(7-9-16)22-17(25)23-15-11-24(12-15)10-13-4-2-1-3-5-13/h1-9,15H,10-12H2,(H2,22,23,25). The molecule has 2 aromatic carbocycles. The number of halogens is 3. The highest BCUT2D eigenvalue weighted by Gasteiger charge is 2.31. The molecule has 2 N–H and O–H groups in total. The van der Waals surface area contributed by atoms with Gasteiger partial charge in [-0.3, -0.25) is 4.90 Å². The van der Waals surface area contributed by atoms with Gasteiger partial charge in [0.2, 0.25) is 0 Å². The summed E-state index contributed by atoms with van der Waals surface area (Å²) in [6, 6.07) is 14.7. The van der Waals surface area contributed by atoms with Crippen molar-refractivity contribution in [3.63, 3.8) is 0 Å². The van der Waals surface area contributed by atoms with E-state index in [2.05, 4.69) is 32.4 Å². The average molecular weight is 365 g/mol. The molecule has 1 aliphatic heterocycles. The molecule has 0 unspecified atom stereocenters. The van der Waals surface area contributed by atoms with Gasteiger partial charge in [-0.2, -0.15) is 0 Å². The Hall–Kier alpha value is -2.74. The lowest BCUT2D eigenvalue weighted by Gasteiger charge is -2.39. The molecule has 0 aliphatic carbocycles. The summed E-state index contributed by atoms with van der Waals surface area (Å²) in [4.78, 5) is 14.2. The van der Waals surface area contributed by atoms with E-state index in [1.54, 1.807) is 0 Å². The van der Waals surface area contributed by atoms with E-state index in [9.17, 15) is 18.0 Å². The topological polar surface area (TPSA) is 53.6 Å². The fraction of sp³-hybridized carbons (Fsp3) is 0.278. The van der Waals surface area contributed by atoms with Crippen molar-refractivity contribution < 1.29 is 22.7 Å². The van der Waals surface area contributed by atoms with Crippen LogP contribution >= 0.6 is 0 Å². The maximum Gasteiger partial charge on any atom is 0.573 e. The predicted molar refractivity (Wildman–Crippen MR) is 90.8 cm³/mol. The Balaban J connectivity index is 1.40. The van der Waals surface area contributed by atoms with Crippen molar-refractivity contribution in [2.24, 2.45) is 0 Å². The molecule has 1 saturated heterocycles. The molecule has 1 fully saturated rings. The number of likely N-dealkylation sites (tertiary alicyclic amines) is 1. The molecule has 0 bridgehead atoms. The Bertz CT molecular complexity index is 730. The number of rotatable bonds is 5. The Kier molecular flexibility index (Phi) is 5.32. The third-order valence-electron chi connectivity index (χ3n) is 3.89. The fourth-order valence-electron chi connectivity index (χ4n) is 2.72. The third-order valence-corrected chi connectivity index (χ3v) is 3.89. The molecule has 2 amide bonds. The van der Waals surface area contributed by atoms with Crippen molar-refractivity contribution in [1.82, 2.24) is 10.2 Å². The van der Waals surface area contributed by atoms with Gasteiger partial charge in [0.25, 0.3) is 0 Å². The minimum atomic E-state index is -4.73. The van der Waals surface area contributed by atoms with Crippen LogP contribution in [0.1, 0.15) is 5.56 Å². The Morgan fingerprint density at radius 2 is 1.73 bits per heavy atom. The van der Waals surface area contributed by atoms with Crippen LogP contribution in [0.4, 0.5) is 23.7 Å². The normalized spacial score (nSPS) is 15.2. The van der Waals surface area contributed by atoms with Gasteiger partial charge in [-0.1, -0.05) is 30.3 Å². The predicted octanol–water partition coefficient (Wildman–Crippen LogP) is 3.59. The van der Waals surface area contributed by atoms with Crippen molar-refractivity contribution in [3.8, 4) is 5.75 Å². The lowest BCUT2D eigenvalue weighted by atomic mass is 10.1. The van der Waals surface area contributed by atoms with Gasteiger partial charge >= 0.3 is 12.4 Å². The summed E-state index contributed by atoms with van der Waals surface area (Å²) < 4.78 is 40.1. The number of urea groups is 1. The van der Waals surface area contributed by atoms with Crippen LogP contribution in [0, 0.1) is 0 Å². The second-order valence-electron chi connectivity index (χ2n) is 6.05. The van der Waals surface area contributed by atoms with Crippen LogP contribution in [0.5, 0.6) is 5.75 Å². The van der Waals surface area contributed by atoms with Crippen LogP contribution in [-0.4, -0.2) is 36.4 Å². The van der Waals surface area contributed by atoms with E-state index in [-0.39, 0.29) is 17.8 Å². The SMILES string of the molecule is O=C(Nc1ccc(OC(F)(F)F)cc1)NC1CN(Cc2ccccc2)C1. The summed E-state index contributed by atoms with van der Waals surface area (Å²) in [6.45, 7) is 2.34. The minimum absolute atomic E-state index is 0.0477. The van der Waals surface area contributed by atoms with E-state index >= 15 is 0 Å². The Morgan fingerprint density at radius 3 is 2.35 bits per heavy atom. The first-order chi connectivity index (χ1) is 12.4. The van der Waals surface area contributed by atoms with Gasteiger partial charge in [-0.05, 0) is 29.8 Å². The number of alkyl halides is 3. The van der Waals surface area contributed by atoms with Crippen molar-refractivity contribution >= 4 is 11.7 Å². The highest BCUT2D eigenvalue weighted by molar-refractivity contribution is 5.89. The fourth-order valence-corrected chi connectivity index (χ4v) is 2.72. The van der Waals surface area contributed by atoms with E-state index < -0.39 is 6.36 Å². The van der Waals surface area contributed by atoms with E-state index in [4.69, 9.17) is 0 Å². The molecule has 0 atom stereocenters. The number of nitrogens with zero attached hydrogens (tertiary/aromatic N) is 1. The quantitative estimate of drug-likeness (QED) is 0.851. The molecule has 138 valence electrons. The van der Waals surface area contributed by atoms with Crippen molar-refractivity contribution in [3.05, 3.63) is 60.2 Å². The second kappa shape index (κ2) is 7.65. The number of anilines is 1. The molecular formula is C18H18F3N3O2. The van der Waals surface area contributed by atoms with Gasteiger partial charge < -0.3 is 15.4 Å².